The molecule has 2 amide bonds. The van der Waals surface area contributed by atoms with Crippen molar-refractivity contribution in [3.8, 4) is 11.5 Å². The first-order valence-corrected chi connectivity index (χ1v) is 12.3. The number of nitrogens with one attached hydrogen (secondary N) is 3. The van der Waals surface area contributed by atoms with E-state index in [0.29, 0.717) is 30.2 Å². The smallest absolute Gasteiger partial charge is 0.264 e. The third-order valence-corrected chi connectivity index (χ3v) is 6.04. The molecule has 3 rings (SSSR count). The van der Waals surface area contributed by atoms with Gasteiger partial charge >= 0.3 is 0 Å². The van der Waals surface area contributed by atoms with E-state index in [9.17, 15) is 18.0 Å². The number of hydrogen-bond acceptors (Lipinski definition) is 7. The lowest BCUT2D eigenvalue weighted by Gasteiger charge is -2.12. The molecule has 0 radical (unpaired) electrons. The van der Waals surface area contributed by atoms with Crippen molar-refractivity contribution in [2.24, 2.45) is 0 Å². The van der Waals surface area contributed by atoms with Gasteiger partial charge in [-0.25, -0.2) is 13.1 Å². The van der Waals surface area contributed by atoms with Crippen LogP contribution in [-0.2, 0) is 14.8 Å². The minimum Gasteiger partial charge on any atom is -0.490 e. The number of amides is 2. The summed E-state index contributed by atoms with van der Waals surface area (Å²) in [7, 11) is -3.94. The van der Waals surface area contributed by atoms with Crippen LogP contribution >= 0.6 is 12.2 Å². The van der Waals surface area contributed by atoms with E-state index in [-0.39, 0.29) is 10.0 Å². The van der Waals surface area contributed by atoms with Crippen LogP contribution in [0.3, 0.4) is 0 Å². The fourth-order valence-corrected chi connectivity index (χ4v) is 4.07. The molecular formula is C24H23N3O6S2. The summed E-state index contributed by atoms with van der Waals surface area (Å²) in [5.41, 5.74) is 0.792. The van der Waals surface area contributed by atoms with Crippen LogP contribution in [0.1, 0.15) is 17.3 Å². The molecule has 0 aliphatic rings. The van der Waals surface area contributed by atoms with E-state index < -0.39 is 21.8 Å². The summed E-state index contributed by atoms with van der Waals surface area (Å²) in [6, 6.07) is 21.5. The summed E-state index contributed by atoms with van der Waals surface area (Å²) in [6.45, 7) is 1.75. The number of hydrogen-bond donors (Lipinski definition) is 3. The van der Waals surface area contributed by atoms with E-state index in [1.807, 2.05) is 35.1 Å². The highest BCUT2D eigenvalue weighted by Crippen LogP contribution is 2.16. The van der Waals surface area contributed by atoms with E-state index in [1.165, 1.54) is 24.3 Å². The number of thiocarbonyl (C=S) groups is 1. The number of sulfonamides is 1. The highest BCUT2D eigenvalue weighted by Gasteiger charge is 2.15. The van der Waals surface area contributed by atoms with Crippen LogP contribution in [0.4, 0.5) is 5.69 Å². The normalized spacial score (nSPS) is 10.7. The van der Waals surface area contributed by atoms with E-state index in [2.05, 4.69) is 10.6 Å². The molecule has 0 aliphatic heterocycles. The average molecular weight is 514 g/mol. The van der Waals surface area contributed by atoms with Gasteiger partial charge in [0.25, 0.3) is 15.9 Å². The number of para-hydroxylation sites is 1. The largest absolute Gasteiger partial charge is 0.490 e. The second kappa shape index (κ2) is 12.0. The third kappa shape index (κ3) is 8.09. The van der Waals surface area contributed by atoms with Gasteiger partial charge < -0.3 is 14.8 Å². The zero-order chi connectivity index (χ0) is 25.3. The Kier molecular flexibility index (Phi) is 8.76. The van der Waals surface area contributed by atoms with Crippen LogP contribution in [0.2, 0.25) is 0 Å². The number of benzene rings is 3. The summed E-state index contributed by atoms with van der Waals surface area (Å²) in [6.07, 6.45) is 0. The molecule has 9 nitrogen and oxygen atoms in total. The molecule has 0 atom stereocenters. The Morgan fingerprint density at radius 3 is 2.14 bits per heavy atom. The molecule has 3 aromatic rings. The summed E-state index contributed by atoms with van der Waals surface area (Å²) in [4.78, 5) is 23.5. The number of rotatable bonds is 9. The van der Waals surface area contributed by atoms with Gasteiger partial charge in [-0.15, -0.1) is 0 Å². The molecule has 0 aliphatic carbocycles. The molecule has 0 spiro atoms. The molecule has 0 aromatic heterocycles. The highest BCUT2D eigenvalue weighted by atomic mass is 32.2. The van der Waals surface area contributed by atoms with E-state index in [1.54, 1.807) is 24.3 Å². The van der Waals surface area contributed by atoms with Crippen molar-refractivity contribution in [1.82, 2.24) is 10.0 Å². The lowest BCUT2D eigenvalue weighted by Crippen LogP contribution is -2.34. The van der Waals surface area contributed by atoms with Crippen molar-refractivity contribution in [1.29, 1.82) is 0 Å². The molecule has 3 aromatic carbocycles. The predicted molar refractivity (Wildman–Crippen MR) is 135 cm³/mol. The van der Waals surface area contributed by atoms with Crippen LogP contribution in [0.15, 0.2) is 83.8 Å². The second-order valence-electron chi connectivity index (χ2n) is 7.13. The minimum absolute atomic E-state index is 0.0232. The lowest BCUT2D eigenvalue weighted by atomic mass is 10.2. The monoisotopic (exact) mass is 513 g/mol. The first kappa shape index (κ1) is 25.7. The van der Waals surface area contributed by atoms with Crippen molar-refractivity contribution in [3.05, 3.63) is 84.4 Å². The number of carbonyl (C=O) groups excluding carboxylic acids is 2. The Bertz CT molecular complexity index is 1300. The Morgan fingerprint density at radius 2 is 1.49 bits per heavy atom. The fraction of sp³-hybridized carbons (Fsp3) is 0.125. The Balaban J connectivity index is 1.50. The van der Waals surface area contributed by atoms with Gasteiger partial charge in [0, 0.05) is 18.2 Å². The van der Waals surface area contributed by atoms with Gasteiger partial charge in [-0.2, -0.15) is 0 Å². The van der Waals surface area contributed by atoms with Gasteiger partial charge in [-0.05, 0) is 66.8 Å². The second-order valence-corrected chi connectivity index (χ2v) is 9.22. The van der Waals surface area contributed by atoms with Crippen molar-refractivity contribution in [3.63, 3.8) is 0 Å². The standard InChI is InChI=1S/C24H23N3O6S2/c1-17(28)27-35(30,31)22-12-10-19(11-13-22)25-24(34)26-23(29)18-6-5-9-21(16-18)33-15-14-32-20-7-3-2-4-8-20/h2-13,16H,14-15H2,1H3,(H,27,28)(H2,25,26,29,34). The van der Waals surface area contributed by atoms with Gasteiger partial charge in [0.15, 0.2) is 5.11 Å². The molecule has 0 unspecified atom stereocenters. The summed E-state index contributed by atoms with van der Waals surface area (Å²) in [5, 5.41) is 5.38. The maximum Gasteiger partial charge on any atom is 0.264 e. The number of carbonyl (C=O) groups is 2. The molecule has 0 heterocycles. The van der Waals surface area contributed by atoms with Gasteiger partial charge in [0.05, 0.1) is 4.90 Å². The molecule has 182 valence electrons. The average Bonchev–Trinajstić information content (AvgIpc) is 2.82. The molecule has 0 saturated carbocycles. The molecule has 0 fully saturated rings. The predicted octanol–water partition coefficient (Wildman–Crippen LogP) is 3.10. The van der Waals surface area contributed by atoms with Crippen molar-refractivity contribution >= 4 is 44.9 Å². The SMILES string of the molecule is CC(=O)NS(=O)(=O)c1ccc(NC(=S)NC(=O)c2cccc(OCCOc3ccccc3)c2)cc1. The summed E-state index contributed by atoms with van der Waals surface area (Å²) >= 11 is 5.17. The molecule has 0 bridgehead atoms. The van der Waals surface area contributed by atoms with Gasteiger partial charge in [0.2, 0.25) is 5.91 Å². The number of anilines is 1. The fourth-order valence-electron chi connectivity index (χ4n) is 2.87. The molecule has 35 heavy (non-hydrogen) atoms. The molecular weight excluding hydrogens is 490 g/mol. The third-order valence-electron chi connectivity index (χ3n) is 4.39. The van der Waals surface area contributed by atoms with Crippen LogP contribution in [0.5, 0.6) is 11.5 Å². The zero-order valence-electron chi connectivity index (χ0n) is 18.7. The van der Waals surface area contributed by atoms with Crippen LogP contribution in [0.25, 0.3) is 0 Å². The Labute approximate surface area is 208 Å². The van der Waals surface area contributed by atoms with Crippen molar-refractivity contribution < 1.29 is 27.5 Å². The van der Waals surface area contributed by atoms with E-state index >= 15 is 0 Å². The molecule has 11 heteroatoms. The van der Waals surface area contributed by atoms with Gasteiger partial charge in [-0.3, -0.25) is 14.9 Å². The minimum atomic E-state index is -3.94. The quantitative estimate of drug-likeness (QED) is 0.295. The van der Waals surface area contributed by atoms with Crippen molar-refractivity contribution in [2.75, 3.05) is 18.5 Å². The maximum absolute atomic E-state index is 12.6. The van der Waals surface area contributed by atoms with Gasteiger partial charge in [-0.1, -0.05) is 24.3 Å². The summed E-state index contributed by atoms with van der Waals surface area (Å²) in [5.74, 6) is 0.114. The van der Waals surface area contributed by atoms with Crippen LogP contribution in [-0.4, -0.2) is 38.6 Å². The molecule has 3 N–H and O–H groups in total. The lowest BCUT2D eigenvalue weighted by molar-refractivity contribution is -0.117. The molecule has 0 saturated heterocycles. The van der Waals surface area contributed by atoms with Crippen LogP contribution < -0.4 is 24.8 Å². The Hall–Kier alpha value is -3.96. The zero-order valence-corrected chi connectivity index (χ0v) is 20.3. The van der Waals surface area contributed by atoms with E-state index in [4.69, 9.17) is 21.7 Å². The van der Waals surface area contributed by atoms with Crippen LogP contribution in [0, 0.1) is 0 Å². The van der Waals surface area contributed by atoms with Gasteiger partial charge in [0.1, 0.15) is 24.7 Å². The van der Waals surface area contributed by atoms with Crippen molar-refractivity contribution in [2.45, 2.75) is 11.8 Å². The first-order chi connectivity index (χ1) is 16.7. The first-order valence-electron chi connectivity index (χ1n) is 10.4. The highest BCUT2D eigenvalue weighted by molar-refractivity contribution is 7.90. The summed E-state index contributed by atoms with van der Waals surface area (Å²) < 4.78 is 37.1. The van der Waals surface area contributed by atoms with E-state index in [0.717, 1.165) is 12.7 Å². The maximum atomic E-state index is 12.6. The topological polar surface area (TPSA) is 123 Å². The number of ether oxygens (including phenoxy) is 2. The Morgan fingerprint density at radius 1 is 0.857 bits per heavy atom.